The summed E-state index contributed by atoms with van der Waals surface area (Å²) >= 11 is 0. The molecule has 0 amide bonds. The number of phenols is 1. The highest BCUT2D eigenvalue weighted by atomic mass is 16.3. The first-order chi connectivity index (χ1) is 6.15. The number of nitrogens with two attached hydrogens (primary N) is 1. The van der Waals surface area contributed by atoms with E-state index in [0.29, 0.717) is 5.69 Å². The quantitative estimate of drug-likeness (QED) is 0.310. The topological polar surface area (TPSA) is 63.3 Å². The second-order valence-corrected chi connectivity index (χ2v) is 2.49. The highest BCUT2D eigenvalue weighted by Gasteiger charge is 2.07. The van der Waals surface area contributed by atoms with E-state index in [1.807, 2.05) is 0 Å². The van der Waals surface area contributed by atoms with Gasteiger partial charge in [0.05, 0.1) is 5.56 Å². The van der Waals surface area contributed by atoms with E-state index in [1.54, 1.807) is 6.07 Å². The standard InChI is InChI=1S/C10H9NO2/c1-2-3-9(12)8-5-4-7(11)6-10(8)13/h3-6,13H,1,11H2. The zero-order valence-electron chi connectivity index (χ0n) is 6.95. The van der Waals surface area contributed by atoms with Gasteiger partial charge in [0.1, 0.15) is 5.75 Å². The molecule has 0 aliphatic heterocycles. The largest absolute Gasteiger partial charge is 0.507 e. The molecule has 66 valence electrons. The predicted molar refractivity (Wildman–Crippen MR) is 50.6 cm³/mol. The lowest BCUT2D eigenvalue weighted by molar-refractivity contribution is 0.104. The summed E-state index contributed by atoms with van der Waals surface area (Å²) in [6.07, 6.45) is 1.16. The summed E-state index contributed by atoms with van der Waals surface area (Å²) in [7, 11) is 0. The number of phenolic OH excluding ortho intramolecular Hbond substituents is 1. The highest BCUT2D eigenvalue weighted by Crippen LogP contribution is 2.20. The van der Waals surface area contributed by atoms with Crippen molar-refractivity contribution < 1.29 is 9.90 Å². The molecule has 3 N–H and O–H groups in total. The molecule has 0 spiro atoms. The number of nitrogen functional groups attached to an aromatic ring is 1. The van der Waals surface area contributed by atoms with E-state index in [4.69, 9.17) is 5.73 Å². The van der Waals surface area contributed by atoms with Crippen molar-refractivity contribution in [3.8, 4) is 5.75 Å². The summed E-state index contributed by atoms with van der Waals surface area (Å²) in [5.41, 5.74) is 8.35. The Morgan fingerprint density at radius 1 is 1.62 bits per heavy atom. The fourth-order valence-electron chi connectivity index (χ4n) is 0.927. The van der Waals surface area contributed by atoms with Crippen molar-refractivity contribution in [2.24, 2.45) is 0 Å². The number of carbonyl (C=O) groups is 1. The van der Waals surface area contributed by atoms with E-state index in [9.17, 15) is 9.90 Å². The number of anilines is 1. The van der Waals surface area contributed by atoms with Crippen LogP contribution in [0.2, 0.25) is 0 Å². The van der Waals surface area contributed by atoms with Crippen LogP contribution >= 0.6 is 0 Å². The smallest absolute Gasteiger partial charge is 0.197 e. The van der Waals surface area contributed by atoms with Crippen LogP contribution in [0.3, 0.4) is 0 Å². The number of hydrogen-bond donors (Lipinski definition) is 2. The van der Waals surface area contributed by atoms with Crippen molar-refractivity contribution in [1.29, 1.82) is 0 Å². The van der Waals surface area contributed by atoms with Gasteiger partial charge in [-0.2, -0.15) is 0 Å². The van der Waals surface area contributed by atoms with Crippen LogP contribution in [0.4, 0.5) is 5.69 Å². The van der Waals surface area contributed by atoms with Gasteiger partial charge in [0.15, 0.2) is 5.78 Å². The molecule has 1 rings (SSSR count). The Labute approximate surface area is 75.8 Å². The van der Waals surface area contributed by atoms with Crippen molar-refractivity contribution in [2.45, 2.75) is 0 Å². The molecule has 3 heteroatoms. The maximum absolute atomic E-state index is 11.2. The molecule has 1 aromatic rings. The molecule has 0 bridgehead atoms. The first-order valence-electron chi connectivity index (χ1n) is 3.64. The lowest BCUT2D eigenvalue weighted by Crippen LogP contribution is -1.95. The fourth-order valence-corrected chi connectivity index (χ4v) is 0.927. The second-order valence-electron chi connectivity index (χ2n) is 2.49. The lowest BCUT2D eigenvalue weighted by atomic mass is 10.1. The van der Waals surface area contributed by atoms with Crippen LogP contribution in [0.1, 0.15) is 10.4 Å². The summed E-state index contributed by atoms with van der Waals surface area (Å²) in [6.45, 7) is 3.27. The Morgan fingerprint density at radius 3 is 2.85 bits per heavy atom. The monoisotopic (exact) mass is 175 g/mol. The van der Waals surface area contributed by atoms with Crippen molar-refractivity contribution in [3.63, 3.8) is 0 Å². The van der Waals surface area contributed by atoms with Crippen molar-refractivity contribution in [1.82, 2.24) is 0 Å². The van der Waals surface area contributed by atoms with Gasteiger partial charge < -0.3 is 10.8 Å². The lowest BCUT2D eigenvalue weighted by Gasteiger charge is -2.00. The number of hydrogen-bond acceptors (Lipinski definition) is 3. The van der Waals surface area contributed by atoms with E-state index < -0.39 is 0 Å². The van der Waals surface area contributed by atoms with Crippen LogP contribution in [0, 0.1) is 0 Å². The molecule has 0 heterocycles. The van der Waals surface area contributed by atoms with Gasteiger partial charge in [-0.25, -0.2) is 0 Å². The number of ketones is 1. The van der Waals surface area contributed by atoms with Gasteiger partial charge in [-0.15, -0.1) is 5.73 Å². The van der Waals surface area contributed by atoms with Gasteiger partial charge >= 0.3 is 0 Å². The third-order valence-electron chi connectivity index (χ3n) is 1.52. The first-order valence-corrected chi connectivity index (χ1v) is 3.64. The maximum atomic E-state index is 11.2. The van der Waals surface area contributed by atoms with E-state index in [2.05, 4.69) is 12.3 Å². The van der Waals surface area contributed by atoms with Crippen LogP contribution < -0.4 is 5.73 Å². The third-order valence-corrected chi connectivity index (χ3v) is 1.52. The molecule has 0 aliphatic carbocycles. The number of rotatable bonds is 2. The molecule has 0 aromatic heterocycles. The number of benzene rings is 1. The van der Waals surface area contributed by atoms with Gasteiger partial charge in [-0.3, -0.25) is 4.79 Å². The minimum atomic E-state index is -0.340. The molecular weight excluding hydrogens is 166 g/mol. The van der Waals surface area contributed by atoms with Gasteiger partial charge in [-0.05, 0) is 12.1 Å². The molecule has 13 heavy (non-hydrogen) atoms. The molecule has 0 aliphatic rings. The van der Waals surface area contributed by atoms with Crippen LogP contribution in [-0.4, -0.2) is 10.9 Å². The zero-order chi connectivity index (χ0) is 9.84. The Hall–Kier alpha value is -1.99. The molecule has 0 radical (unpaired) electrons. The molecular formula is C10H9NO2. The summed E-state index contributed by atoms with van der Waals surface area (Å²) in [5, 5.41) is 9.32. The molecule has 1 aromatic carbocycles. The first kappa shape index (κ1) is 9.10. The Bertz CT molecular complexity index is 390. The predicted octanol–water partition coefficient (Wildman–Crippen LogP) is 1.50. The van der Waals surface area contributed by atoms with Crippen LogP contribution in [0.15, 0.2) is 36.6 Å². The molecule has 0 atom stereocenters. The van der Waals surface area contributed by atoms with E-state index in [1.165, 1.54) is 12.1 Å². The Morgan fingerprint density at radius 2 is 2.31 bits per heavy atom. The van der Waals surface area contributed by atoms with Crippen LogP contribution in [0.25, 0.3) is 0 Å². The second kappa shape index (κ2) is 3.61. The summed E-state index contributed by atoms with van der Waals surface area (Å²) in [6, 6.07) is 4.33. The van der Waals surface area contributed by atoms with Gasteiger partial charge in [0.25, 0.3) is 0 Å². The van der Waals surface area contributed by atoms with Gasteiger partial charge in [0.2, 0.25) is 0 Å². The average molecular weight is 175 g/mol. The zero-order valence-corrected chi connectivity index (χ0v) is 6.95. The molecule has 0 unspecified atom stereocenters. The maximum Gasteiger partial charge on any atom is 0.197 e. The van der Waals surface area contributed by atoms with Crippen molar-refractivity contribution >= 4 is 11.5 Å². The molecule has 3 nitrogen and oxygen atoms in total. The minimum Gasteiger partial charge on any atom is -0.507 e. The average Bonchev–Trinajstić information content (AvgIpc) is 2.04. The van der Waals surface area contributed by atoms with E-state index in [0.717, 1.165) is 6.08 Å². The molecule has 0 fully saturated rings. The van der Waals surface area contributed by atoms with Crippen LogP contribution in [-0.2, 0) is 0 Å². The number of allylic oxidation sites excluding steroid dienone is 1. The van der Waals surface area contributed by atoms with Crippen molar-refractivity contribution in [3.05, 3.63) is 42.1 Å². The molecule has 0 saturated heterocycles. The number of aromatic hydroxyl groups is 1. The van der Waals surface area contributed by atoms with Gasteiger partial charge in [0, 0.05) is 17.8 Å². The normalized spacial score (nSPS) is 8.92. The highest BCUT2D eigenvalue weighted by molar-refractivity contribution is 6.06. The summed E-state index contributed by atoms with van der Waals surface area (Å²) in [4.78, 5) is 11.2. The van der Waals surface area contributed by atoms with Crippen molar-refractivity contribution in [2.75, 3.05) is 5.73 Å². The van der Waals surface area contributed by atoms with Crippen LogP contribution in [0.5, 0.6) is 5.75 Å². The van der Waals surface area contributed by atoms with E-state index in [-0.39, 0.29) is 17.1 Å². The molecule has 0 saturated carbocycles. The summed E-state index contributed by atoms with van der Waals surface area (Å²) < 4.78 is 0. The Balaban J connectivity index is 3.16. The van der Waals surface area contributed by atoms with E-state index >= 15 is 0 Å². The third kappa shape index (κ3) is 1.98. The van der Waals surface area contributed by atoms with Gasteiger partial charge in [-0.1, -0.05) is 6.58 Å². The fraction of sp³-hybridized carbons (Fsp3) is 0. The minimum absolute atomic E-state index is 0.128. The SMILES string of the molecule is C=C=CC(=O)c1ccc(N)cc1O. The Kier molecular flexibility index (Phi) is 2.52. The summed E-state index contributed by atoms with van der Waals surface area (Å²) in [5.74, 6) is -0.469. The number of carbonyl (C=O) groups excluding carboxylic acids is 1.